The van der Waals surface area contributed by atoms with Crippen molar-refractivity contribution in [3.05, 3.63) is 30.3 Å². The van der Waals surface area contributed by atoms with Crippen molar-refractivity contribution in [2.75, 3.05) is 19.6 Å². The second-order valence-electron chi connectivity index (χ2n) is 6.34. The summed E-state index contributed by atoms with van der Waals surface area (Å²) in [5.41, 5.74) is 0. The average Bonchev–Trinajstić information content (AvgIpc) is 2.57. The molecule has 4 nitrogen and oxygen atoms in total. The number of nitrogens with one attached hydrogen (secondary N) is 1. The van der Waals surface area contributed by atoms with Crippen LogP contribution in [0.5, 0.6) is 5.75 Å². The highest BCUT2D eigenvalue weighted by Crippen LogP contribution is 2.19. The predicted molar refractivity (Wildman–Crippen MR) is 93.7 cm³/mol. The van der Waals surface area contributed by atoms with Gasteiger partial charge in [-0.1, -0.05) is 38.5 Å². The number of hydrogen-bond acceptors (Lipinski definition) is 3. The lowest BCUT2D eigenvalue weighted by Crippen LogP contribution is -2.47. The third kappa shape index (κ3) is 6.22. The molecule has 1 aliphatic heterocycles. The van der Waals surface area contributed by atoms with E-state index in [4.69, 9.17) is 4.74 Å². The number of carbonyl (C=O) groups is 1. The average molecular weight is 318 g/mol. The van der Waals surface area contributed by atoms with Crippen LogP contribution in [-0.2, 0) is 4.79 Å². The molecule has 0 spiro atoms. The van der Waals surface area contributed by atoms with E-state index in [9.17, 15) is 4.79 Å². The Balaban J connectivity index is 1.75. The summed E-state index contributed by atoms with van der Waals surface area (Å²) in [6.07, 6.45) is 5.12. The maximum Gasteiger partial charge on any atom is 0.219 e. The predicted octanol–water partition coefficient (Wildman–Crippen LogP) is 3.22. The summed E-state index contributed by atoms with van der Waals surface area (Å²) in [6, 6.07) is 10.3. The van der Waals surface area contributed by atoms with Crippen molar-refractivity contribution in [1.82, 2.24) is 10.2 Å². The monoisotopic (exact) mass is 318 g/mol. The highest BCUT2D eigenvalue weighted by atomic mass is 16.5. The lowest BCUT2D eigenvalue weighted by Gasteiger charge is -2.34. The van der Waals surface area contributed by atoms with Gasteiger partial charge in [-0.25, -0.2) is 0 Å². The molecule has 1 aromatic rings. The maximum atomic E-state index is 11.6. The topological polar surface area (TPSA) is 41.6 Å². The van der Waals surface area contributed by atoms with Gasteiger partial charge in [-0.15, -0.1) is 0 Å². The van der Waals surface area contributed by atoms with Crippen LogP contribution >= 0.6 is 0 Å². The molecule has 1 aliphatic rings. The van der Waals surface area contributed by atoms with Crippen LogP contribution in [-0.4, -0.2) is 42.6 Å². The van der Waals surface area contributed by atoms with E-state index in [0.717, 1.165) is 51.1 Å². The van der Waals surface area contributed by atoms with Crippen LogP contribution < -0.4 is 10.1 Å². The first-order chi connectivity index (χ1) is 11.2. The summed E-state index contributed by atoms with van der Waals surface area (Å²) in [4.78, 5) is 14.1. The number of nitrogens with zero attached hydrogens (tertiary/aromatic N) is 1. The number of hydrogen-bond donors (Lipinski definition) is 1. The Hall–Kier alpha value is -1.55. The third-order valence-corrected chi connectivity index (χ3v) is 4.38. The largest absolute Gasteiger partial charge is 0.490 e. The first kappa shape index (κ1) is 17.8. The summed E-state index contributed by atoms with van der Waals surface area (Å²) in [5, 5.41) is 3.15. The van der Waals surface area contributed by atoms with E-state index in [0.29, 0.717) is 12.5 Å². The summed E-state index contributed by atoms with van der Waals surface area (Å²) in [7, 11) is 0. The summed E-state index contributed by atoms with van der Waals surface area (Å²) in [6.45, 7) is 7.12. The number of carbonyl (C=O) groups excluding carboxylic acids is 1. The number of amides is 1. The second-order valence-corrected chi connectivity index (χ2v) is 6.34. The van der Waals surface area contributed by atoms with Gasteiger partial charge in [0.15, 0.2) is 0 Å². The summed E-state index contributed by atoms with van der Waals surface area (Å²) >= 11 is 0. The van der Waals surface area contributed by atoms with Gasteiger partial charge in [0, 0.05) is 32.1 Å². The van der Waals surface area contributed by atoms with Crippen LogP contribution in [0.15, 0.2) is 30.3 Å². The zero-order valence-corrected chi connectivity index (χ0v) is 14.5. The fraction of sp³-hybridized carbons (Fsp3) is 0.632. The minimum Gasteiger partial charge on any atom is -0.490 e. The van der Waals surface area contributed by atoms with Crippen LogP contribution in [0.2, 0.25) is 0 Å². The van der Waals surface area contributed by atoms with Crippen molar-refractivity contribution >= 4 is 5.91 Å². The van der Waals surface area contributed by atoms with Gasteiger partial charge in [0.05, 0.1) is 0 Å². The molecular formula is C19H30N2O2. The molecule has 1 fully saturated rings. The molecule has 1 amide bonds. The normalized spacial score (nSPS) is 17.7. The van der Waals surface area contributed by atoms with E-state index in [2.05, 4.69) is 17.1 Å². The first-order valence-electron chi connectivity index (χ1n) is 8.94. The van der Waals surface area contributed by atoms with E-state index in [1.165, 1.54) is 0 Å². The highest BCUT2D eigenvalue weighted by Gasteiger charge is 2.23. The molecule has 0 aliphatic carbocycles. The number of piperidine rings is 1. The van der Waals surface area contributed by atoms with E-state index < -0.39 is 0 Å². The zero-order valence-electron chi connectivity index (χ0n) is 14.5. The molecule has 1 aromatic carbocycles. The number of para-hydroxylation sites is 1. The lowest BCUT2D eigenvalue weighted by molar-refractivity contribution is -0.121. The second kappa shape index (κ2) is 9.56. The standard InChI is InChI=1S/C19H30N2O2/c1-3-8-16(20-19(22)4-2)15-21-13-11-18(12-14-21)23-17-9-6-5-7-10-17/h5-7,9-10,16,18H,3-4,8,11-15H2,1-2H3,(H,20,22). The molecule has 0 aromatic heterocycles. The van der Waals surface area contributed by atoms with E-state index >= 15 is 0 Å². The third-order valence-electron chi connectivity index (χ3n) is 4.38. The van der Waals surface area contributed by atoms with Gasteiger partial charge in [0.1, 0.15) is 11.9 Å². The Morgan fingerprint density at radius 3 is 2.57 bits per heavy atom. The molecule has 1 heterocycles. The Morgan fingerprint density at radius 2 is 1.96 bits per heavy atom. The molecule has 0 bridgehead atoms. The van der Waals surface area contributed by atoms with Crippen LogP contribution in [0.4, 0.5) is 0 Å². The summed E-state index contributed by atoms with van der Waals surface area (Å²) < 4.78 is 6.04. The number of likely N-dealkylation sites (tertiary alicyclic amines) is 1. The number of ether oxygens (including phenoxy) is 1. The molecule has 2 rings (SSSR count). The van der Waals surface area contributed by atoms with Gasteiger partial charge >= 0.3 is 0 Å². The van der Waals surface area contributed by atoms with Crippen LogP contribution in [0, 0.1) is 0 Å². The van der Waals surface area contributed by atoms with Gasteiger partial charge in [-0.2, -0.15) is 0 Å². The van der Waals surface area contributed by atoms with Crippen molar-refractivity contribution < 1.29 is 9.53 Å². The van der Waals surface area contributed by atoms with Crippen molar-refractivity contribution in [2.45, 2.75) is 58.1 Å². The van der Waals surface area contributed by atoms with Crippen molar-refractivity contribution in [1.29, 1.82) is 0 Å². The van der Waals surface area contributed by atoms with Crippen LogP contribution in [0.3, 0.4) is 0 Å². The fourth-order valence-corrected chi connectivity index (χ4v) is 3.10. The lowest BCUT2D eigenvalue weighted by atomic mass is 10.1. The Morgan fingerprint density at radius 1 is 1.26 bits per heavy atom. The quantitative estimate of drug-likeness (QED) is 0.800. The minimum atomic E-state index is 0.158. The van der Waals surface area contributed by atoms with Crippen LogP contribution in [0.1, 0.15) is 46.0 Å². The molecule has 23 heavy (non-hydrogen) atoms. The minimum absolute atomic E-state index is 0.158. The smallest absolute Gasteiger partial charge is 0.219 e. The SMILES string of the molecule is CCCC(CN1CCC(Oc2ccccc2)CC1)NC(=O)CC. The van der Waals surface area contributed by atoms with E-state index in [1.807, 2.05) is 37.3 Å². The molecular weight excluding hydrogens is 288 g/mol. The first-order valence-corrected chi connectivity index (χ1v) is 8.94. The van der Waals surface area contributed by atoms with Crippen molar-refractivity contribution in [2.24, 2.45) is 0 Å². The number of rotatable bonds is 8. The Kier molecular flexibility index (Phi) is 7.40. The van der Waals surface area contributed by atoms with Crippen LogP contribution in [0.25, 0.3) is 0 Å². The summed E-state index contributed by atoms with van der Waals surface area (Å²) in [5.74, 6) is 1.12. The molecule has 1 atom stereocenters. The molecule has 4 heteroatoms. The molecule has 0 saturated carbocycles. The molecule has 1 saturated heterocycles. The van der Waals surface area contributed by atoms with Gasteiger partial charge in [-0.3, -0.25) is 4.79 Å². The van der Waals surface area contributed by atoms with Gasteiger partial charge in [0.25, 0.3) is 0 Å². The van der Waals surface area contributed by atoms with Gasteiger partial charge in [0.2, 0.25) is 5.91 Å². The van der Waals surface area contributed by atoms with Crippen molar-refractivity contribution in [3.63, 3.8) is 0 Å². The highest BCUT2D eigenvalue weighted by molar-refractivity contribution is 5.75. The number of benzene rings is 1. The maximum absolute atomic E-state index is 11.6. The Bertz CT molecular complexity index is 456. The molecule has 1 N–H and O–H groups in total. The molecule has 0 radical (unpaired) electrons. The van der Waals surface area contributed by atoms with Gasteiger partial charge in [-0.05, 0) is 31.4 Å². The molecule has 1 unspecified atom stereocenters. The van der Waals surface area contributed by atoms with Crippen molar-refractivity contribution in [3.8, 4) is 5.75 Å². The fourth-order valence-electron chi connectivity index (χ4n) is 3.10. The van der Waals surface area contributed by atoms with Gasteiger partial charge < -0.3 is 15.0 Å². The molecule has 128 valence electrons. The van der Waals surface area contributed by atoms with E-state index in [-0.39, 0.29) is 11.9 Å². The zero-order chi connectivity index (χ0) is 16.5. The Labute approximate surface area is 140 Å². The van der Waals surface area contributed by atoms with E-state index in [1.54, 1.807) is 0 Å².